The summed E-state index contributed by atoms with van der Waals surface area (Å²) in [7, 11) is 0. The fourth-order valence-electron chi connectivity index (χ4n) is 14.3. The van der Waals surface area contributed by atoms with Crippen LogP contribution < -0.4 is 0 Å². The molecule has 328 valence electrons. The molecule has 22 atom stereocenters. The molecule has 0 aromatic carbocycles. The molecular formula is C42H70O15. The summed E-state index contributed by atoms with van der Waals surface area (Å²) in [5, 5.41) is 117. The van der Waals surface area contributed by atoms with Gasteiger partial charge in [-0.25, -0.2) is 0 Å². The van der Waals surface area contributed by atoms with Gasteiger partial charge in [-0.2, -0.15) is 0 Å². The van der Waals surface area contributed by atoms with E-state index in [1.807, 2.05) is 19.9 Å². The molecule has 7 rings (SSSR count). The summed E-state index contributed by atoms with van der Waals surface area (Å²) in [5.74, 6) is 0.0437. The Kier molecular flexibility index (Phi) is 12.3. The van der Waals surface area contributed by atoms with Crippen molar-refractivity contribution in [3.63, 3.8) is 0 Å². The maximum atomic E-state index is 11.9. The van der Waals surface area contributed by atoms with Gasteiger partial charge in [-0.1, -0.05) is 39.3 Å². The second-order valence-corrected chi connectivity index (χ2v) is 20.0. The van der Waals surface area contributed by atoms with Crippen molar-refractivity contribution < 1.29 is 75.1 Å². The van der Waals surface area contributed by atoms with E-state index >= 15 is 0 Å². The highest BCUT2D eigenvalue weighted by Gasteiger charge is 2.83. The van der Waals surface area contributed by atoms with Gasteiger partial charge in [0.2, 0.25) is 0 Å². The third-order valence-electron chi connectivity index (χ3n) is 17.6. The Morgan fingerprint density at radius 1 is 0.737 bits per heavy atom. The fraction of sp³-hybridized carbons (Fsp3) is 0.952. The number of hydrogen-bond donors (Lipinski definition) is 11. The Hall–Kier alpha value is -0.860. The second kappa shape index (κ2) is 15.8. The van der Waals surface area contributed by atoms with E-state index in [9.17, 15) is 56.2 Å². The van der Waals surface area contributed by atoms with Crippen LogP contribution in [-0.2, 0) is 18.9 Å². The van der Waals surface area contributed by atoms with Crippen molar-refractivity contribution in [2.45, 2.75) is 172 Å². The topological polar surface area (TPSA) is 259 Å². The summed E-state index contributed by atoms with van der Waals surface area (Å²) in [6, 6.07) is 0. The number of aliphatic hydroxyl groups excluding tert-OH is 11. The van der Waals surface area contributed by atoms with Gasteiger partial charge in [0.15, 0.2) is 12.6 Å². The highest BCUT2D eigenvalue weighted by atomic mass is 16.7. The molecular weight excluding hydrogens is 744 g/mol. The van der Waals surface area contributed by atoms with Gasteiger partial charge in [0, 0.05) is 5.41 Å². The second-order valence-electron chi connectivity index (χ2n) is 20.0. The summed E-state index contributed by atoms with van der Waals surface area (Å²) < 4.78 is 24.5. The molecule has 57 heavy (non-hydrogen) atoms. The summed E-state index contributed by atoms with van der Waals surface area (Å²) in [4.78, 5) is 0. The molecule has 0 radical (unpaired) electrons. The first-order chi connectivity index (χ1) is 26.8. The fourth-order valence-corrected chi connectivity index (χ4v) is 14.3. The highest BCUT2D eigenvalue weighted by Crippen LogP contribution is 2.89. The minimum atomic E-state index is -1.62. The smallest absolute Gasteiger partial charge is 0.186 e. The molecule has 0 unspecified atom stereocenters. The molecule has 15 nitrogen and oxygen atoms in total. The minimum absolute atomic E-state index is 0.00662. The van der Waals surface area contributed by atoms with Gasteiger partial charge in [0.25, 0.3) is 0 Å². The van der Waals surface area contributed by atoms with Crippen LogP contribution in [0.3, 0.4) is 0 Å². The molecule has 2 spiro atoms. The first-order valence-electron chi connectivity index (χ1n) is 21.3. The van der Waals surface area contributed by atoms with Gasteiger partial charge in [-0.05, 0) is 110 Å². The zero-order valence-electron chi connectivity index (χ0n) is 34.1. The molecule has 11 N–H and O–H groups in total. The maximum absolute atomic E-state index is 11.9. The number of fused-ring (bicyclic) bond motifs is 2. The quantitative estimate of drug-likeness (QED) is 0.0894. The lowest BCUT2D eigenvalue weighted by Gasteiger charge is -2.64. The van der Waals surface area contributed by atoms with E-state index in [4.69, 9.17) is 18.9 Å². The highest BCUT2D eigenvalue weighted by molar-refractivity contribution is 5.31. The van der Waals surface area contributed by atoms with E-state index < -0.39 is 98.4 Å². The Labute approximate surface area is 335 Å². The van der Waals surface area contributed by atoms with Crippen LogP contribution in [0.15, 0.2) is 11.6 Å². The Bertz CT molecular complexity index is 1460. The Morgan fingerprint density at radius 3 is 1.93 bits per heavy atom. The largest absolute Gasteiger partial charge is 0.394 e. The predicted octanol–water partition coefficient (Wildman–Crippen LogP) is -0.296. The van der Waals surface area contributed by atoms with E-state index in [0.717, 1.165) is 44.1 Å². The molecule has 2 heterocycles. The Morgan fingerprint density at radius 2 is 1.32 bits per heavy atom. The van der Waals surface area contributed by atoms with Crippen LogP contribution >= 0.6 is 0 Å². The van der Waals surface area contributed by atoms with Gasteiger partial charge < -0.3 is 75.1 Å². The average molecular weight is 815 g/mol. The van der Waals surface area contributed by atoms with E-state index in [2.05, 4.69) is 20.8 Å². The van der Waals surface area contributed by atoms with Crippen LogP contribution in [0, 0.1) is 50.7 Å². The third-order valence-corrected chi connectivity index (χ3v) is 17.6. The monoisotopic (exact) mass is 814 g/mol. The molecule has 0 aromatic rings. The number of ether oxygens (including phenoxy) is 4. The zero-order valence-corrected chi connectivity index (χ0v) is 34.1. The van der Waals surface area contributed by atoms with Crippen molar-refractivity contribution in [2.75, 3.05) is 26.4 Å². The SMILES string of the molecule is C/C(=C/C[C@H](O)[C@@H](C)[C@H]1[C@@H](O)C[C@@]2(C)[C@@H]3CC[C@H]4[C@](C)(CO[C@@H]5O[C@H](CO)[C@@H](O)[C@H](O)[C@H]5O)[C@@H](O[C@@H]5O[C@H](CO)[C@H](O)[C@H](O)[C@H]5O)CC[C@@]45C[C@@]35CC[C@]12C)CO. The first-order valence-corrected chi connectivity index (χ1v) is 21.3. The normalized spacial score (nSPS) is 54.6. The molecule has 2 saturated heterocycles. The molecule has 0 aromatic heterocycles. The van der Waals surface area contributed by atoms with E-state index in [1.54, 1.807) is 0 Å². The van der Waals surface area contributed by atoms with Crippen LogP contribution in [0.2, 0.25) is 0 Å². The van der Waals surface area contributed by atoms with Gasteiger partial charge in [0.1, 0.15) is 48.8 Å². The number of hydrogen-bond acceptors (Lipinski definition) is 15. The first kappa shape index (κ1) is 44.2. The van der Waals surface area contributed by atoms with Crippen molar-refractivity contribution in [3.05, 3.63) is 11.6 Å². The van der Waals surface area contributed by atoms with Crippen LogP contribution in [0.25, 0.3) is 0 Å². The van der Waals surface area contributed by atoms with Crippen LogP contribution in [-0.4, -0.2) is 162 Å². The van der Waals surface area contributed by atoms with E-state index in [0.29, 0.717) is 25.2 Å². The molecule has 0 bridgehead atoms. The molecule has 0 amide bonds. The zero-order chi connectivity index (χ0) is 41.6. The molecule has 15 heteroatoms. The summed E-state index contributed by atoms with van der Waals surface area (Å²) in [6.07, 6.45) is -7.73. The van der Waals surface area contributed by atoms with E-state index in [-0.39, 0.29) is 52.6 Å². The third kappa shape index (κ3) is 6.64. The summed E-state index contributed by atoms with van der Waals surface area (Å²) >= 11 is 0. The molecule has 7 aliphatic rings. The average Bonchev–Trinajstić information content (AvgIpc) is 3.80. The van der Waals surface area contributed by atoms with Crippen molar-refractivity contribution >= 4 is 0 Å². The predicted molar refractivity (Wildman–Crippen MR) is 202 cm³/mol. The molecule has 5 aliphatic carbocycles. The van der Waals surface area contributed by atoms with Crippen molar-refractivity contribution in [1.82, 2.24) is 0 Å². The summed E-state index contributed by atoms with van der Waals surface area (Å²) in [5.41, 5.74) is -0.597. The number of aliphatic hydroxyl groups is 11. The lowest BCUT2D eigenvalue weighted by Crippen LogP contribution is -2.63. The Balaban J connectivity index is 1.17. The lowest BCUT2D eigenvalue weighted by molar-refractivity contribution is -0.340. The van der Waals surface area contributed by atoms with Crippen molar-refractivity contribution in [2.24, 2.45) is 50.7 Å². The molecule has 5 saturated carbocycles. The van der Waals surface area contributed by atoms with E-state index in [1.165, 1.54) is 0 Å². The standard InChI is InChI=1S/C42H70O15/c1-20(15-43)6-7-22(46)21(2)29-23(47)14-40(5)27-9-8-26-38(3,19-54-36-34(52)32(50)30(48)24(16-44)55-36)28(57-37-35(53)33(51)31(49)25(17-45)56-37)10-11-41(26)18-42(27,41)13-12-39(29,40)4/h6,21-37,43-53H,7-19H2,1-5H3/b20-6-/t21-,22+,23+,24-,25-,26+,27+,28+,29+,30-,31+,32+,33+,34-,35-,36-,37+,38+,39-,40+,41-,42+/m1/s1. The minimum Gasteiger partial charge on any atom is -0.394 e. The number of rotatable bonds is 12. The van der Waals surface area contributed by atoms with Crippen LogP contribution in [0.4, 0.5) is 0 Å². The van der Waals surface area contributed by atoms with Gasteiger partial charge >= 0.3 is 0 Å². The van der Waals surface area contributed by atoms with Crippen LogP contribution in [0.5, 0.6) is 0 Å². The van der Waals surface area contributed by atoms with Gasteiger partial charge in [-0.3, -0.25) is 0 Å². The summed E-state index contributed by atoms with van der Waals surface area (Å²) in [6.45, 7) is 9.32. The molecule has 7 fully saturated rings. The van der Waals surface area contributed by atoms with Crippen molar-refractivity contribution in [1.29, 1.82) is 0 Å². The van der Waals surface area contributed by atoms with Gasteiger partial charge in [0.05, 0.1) is 44.7 Å². The van der Waals surface area contributed by atoms with Gasteiger partial charge in [-0.15, -0.1) is 0 Å². The molecule has 2 aliphatic heterocycles. The van der Waals surface area contributed by atoms with Crippen molar-refractivity contribution in [3.8, 4) is 0 Å². The van der Waals surface area contributed by atoms with Crippen LogP contribution in [0.1, 0.15) is 92.4 Å². The lowest BCUT2D eigenvalue weighted by atomic mass is 9.41. The maximum Gasteiger partial charge on any atom is 0.186 e.